The lowest BCUT2D eigenvalue weighted by atomic mass is 10.1. The summed E-state index contributed by atoms with van der Waals surface area (Å²) in [5, 5.41) is 3.58. The van der Waals surface area contributed by atoms with Gasteiger partial charge in [0.05, 0.1) is 6.61 Å². The van der Waals surface area contributed by atoms with Gasteiger partial charge >= 0.3 is 0 Å². The minimum Gasteiger partial charge on any atom is -0.494 e. The predicted octanol–water partition coefficient (Wildman–Crippen LogP) is 4.77. The molecule has 0 fully saturated rings. The molecule has 1 rings (SSSR count). The Bertz CT molecular complexity index is 349. The van der Waals surface area contributed by atoms with E-state index in [1.807, 2.05) is 13.0 Å². The summed E-state index contributed by atoms with van der Waals surface area (Å²) in [5.41, 5.74) is 2.48. The van der Waals surface area contributed by atoms with Crippen LogP contribution in [0.2, 0.25) is 0 Å². The van der Waals surface area contributed by atoms with Gasteiger partial charge in [-0.25, -0.2) is 0 Å². The summed E-state index contributed by atoms with van der Waals surface area (Å²) in [5.74, 6) is 0.958. The molecule has 1 N–H and O–H groups in total. The van der Waals surface area contributed by atoms with Gasteiger partial charge in [0.15, 0.2) is 0 Å². The van der Waals surface area contributed by atoms with Crippen LogP contribution in [-0.2, 0) is 0 Å². The number of anilines is 1. The van der Waals surface area contributed by atoms with Crippen molar-refractivity contribution in [1.29, 1.82) is 0 Å². The molecule has 0 amide bonds. The number of aryl methyl sites for hydroxylation is 1. The first-order valence-corrected chi connectivity index (χ1v) is 7.17. The Balaban J connectivity index is 2.51. The number of ether oxygens (including phenoxy) is 1. The lowest BCUT2D eigenvalue weighted by Gasteiger charge is -2.17. The summed E-state index contributed by atoms with van der Waals surface area (Å²) in [7, 11) is 0. The molecule has 0 saturated carbocycles. The molecule has 0 heterocycles. The summed E-state index contributed by atoms with van der Waals surface area (Å²) >= 11 is 0. The molecule has 0 aliphatic heterocycles. The summed E-state index contributed by atoms with van der Waals surface area (Å²) < 4.78 is 5.50. The number of hydrogen-bond acceptors (Lipinski definition) is 2. The number of nitrogens with one attached hydrogen (secondary N) is 1. The molecule has 2 nitrogen and oxygen atoms in total. The van der Waals surface area contributed by atoms with Crippen LogP contribution in [0.1, 0.15) is 52.0 Å². The lowest BCUT2D eigenvalue weighted by Crippen LogP contribution is -2.15. The zero-order valence-electron chi connectivity index (χ0n) is 12.3. The van der Waals surface area contributed by atoms with Crippen LogP contribution in [0.3, 0.4) is 0 Å². The smallest absolute Gasteiger partial charge is 0.119 e. The van der Waals surface area contributed by atoms with Crippen LogP contribution in [0.4, 0.5) is 5.69 Å². The molecule has 0 aliphatic carbocycles. The fourth-order valence-corrected chi connectivity index (χ4v) is 2.09. The van der Waals surface area contributed by atoms with E-state index in [-0.39, 0.29) is 0 Å². The van der Waals surface area contributed by atoms with Crippen molar-refractivity contribution in [2.75, 3.05) is 11.9 Å². The van der Waals surface area contributed by atoms with E-state index in [1.165, 1.54) is 36.9 Å². The molecular weight excluding hydrogens is 222 g/mol. The second-order valence-electron chi connectivity index (χ2n) is 4.95. The van der Waals surface area contributed by atoms with Crippen LogP contribution in [0, 0.1) is 6.92 Å². The minimum atomic E-state index is 0.535. The molecule has 0 saturated heterocycles. The normalized spacial score (nSPS) is 12.2. The van der Waals surface area contributed by atoms with Crippen molar-refractivity contribution in [2.24, 2.45) is 0 Å². The highest BCUT2D eigenvalue weighted by Gasteiger charge is 2.05. The van der Waals surface area contributed by atoms with E-state index in [0.717, 1.165) is 12.4 Å². The maximum atomic E-state index is 5.50. The Labute approximate surface area is 112 Å². The van der Waals surface area contributed by atoms with Gasteiger partial charge in [-0.15, -0.1) is 0 Å². The molecule has 1 unspecified atom stereocenters. The maximum absolute atomic E-state index is 5.50. The zero-order valence-corrected chi connectivity index (χ0v) is 12.3. The third-order valence-corrected chi connectivity index (χ3v) is 3.15. The van der Waals surface area contributed by atoms with Crippen LogP contribution in [0.5, 0.6) is 5.75 Å². The van der Waals surface area contributed by atoms with Gasteiger partial charge in [0.25, 0.3) is 0 Å². The average Bonchev–Trinajstić information content (AvgIpc) is 2.33. The number of benzene rings is 1. The van der Waals surface area contributed by atoms with Crippen molar-refractivity contribution < 1.29 is 4.74 Å². The number of unbranched alkanes of at least 4 members (excludes halogenated alkanes) is 2. The molecule has 0 aliphatic rings. The van der Waals surface area contributed by atoms with Crippen molar-refractivity contribution in [2.45, 2.75) is 59.4 Å². The second-order valence-corrected chi connectivity index (χ2v) is 4.95. The first-order chi connectivity index (χ1) is 8.67. The van der Waals surface area contributed by atoms with Gasteiger partial charge in [0.1, 0.15) is 5.75 Å². The standard InChI is InChI=1S/C16H27NO/c1-5-7-8-9-14(4)17-16-11-10-15(18-6-2)12-13(16)3/h10-12,14,17H,5-9H2,1-4H3. The SMILES string of the molecule is CCCCCC(C)Nc1ccc(OCC)cc1C. The fraction of sp³-hybridized carbons (Fsp3) is 0.625. The summed E-state index contributed by atoms with van der Waals surface area (Å²) in [6.45, 7) is 9.36. The van der Waals surface area contributed by atoms with Gasteiger partial charge in [-0.1, -0.05) is 26.2 Å². The summed E-state index contributed by atoms with van der Waals surface area (Å²) in [6, 6.07) is 6.80. The largest absolute Gasteiger partial charge is 0.494 e. The molecule has 0 spiro atoms. The lowest BCUT2D eigenvalue weighted by molar-refractivity contribution is 0.340. The predicted molar refractivity (Wildman–Crippen MR) is 79.6 cm³/mol. The Kier molecular flexibility index (Phi) is 6.63. The van der Waals surface area contributed by atoms with E-state index in [9.17, 15) is 0 Å². The Morgan fingerprint density at radius 1 is 1.22 bits per heavy atom. The van der Waals surface area contributed by atoms with Crippen molar-refractivity contribution in [3.05, 3.63) is 23.8 Å². The van der Waals surface area contributed by atoms with Gasteiger partial charge < -0.3 is 10.1 Å². The van der Waals surface area contributed by atoms with E-state index >= 15 is 0 Å². The topological polar surface area (TPSA) is 21.3 Å². The third kappa shape index (κ3) is 4.99. The van der Waals surface area contributed by atoms with Crippen molar-refractivity contribution in [3.8, 4) is 5.75 Å². The molecule has 102 valence electrons. The van der Waals surface area contributed by atoms with E-state index in [1.54, 1.807) is 0 Å². The molecular formula is C16H27NO. The molecule has 0 bridgehead atoms. The number of rotatable bonds is 8. The van der Waals surface area contributed by atoms with Crippen molar-refractivity contribution in [1.82, 2.24) is 0 Å². The Hall–Kier alpha value is -1.18. The van der Waals surface area contributed by atoms with Crippen LogP contribution in [0.25, 0.3) is 0 Å². The minimum absolute atomic E-state index is 0.535. The highest BCUT2D eigenvalue weighted by molar-refractivity contribution is 5.54. The molecule has 1 aromatic rings. The maximum Gasteiger partial charge on any atom is 0.119 e. The van der Waals surface area contributed by atoms with E-state index in [2.05, 4.69) is 38.2 Å². The van der Waals surface area contributed by atoms with Crippen molar-refractivity contribution in [3.63, 3.8) is 0 Å². The van der Waals surface area contributed by atoms with Crippen LogP contribution in [0.15, 0.2) is 18.2 Å². The van der Waals surface area contributed by atoms with Crippen LogP contribution >= 0.6 is 0 Å². The van der Waals surface area contributed by atoms with E-state index < -0.39 is 0 Å². The van der Waals surface area contributed by atoms with Gasteiger partial charge in [-0.2, -0.15) is 0 Å². The zero-order chi connectivity index (χ0) is 13.4. The third-order valence-electron chi connectivity index (χ3n) is 3.15. The quantitative estimate of drug-likeness (QED) is 0.670. The highest BCUT2D eigenvalue weighted by atomic mass is 16.5. The van der Waals surface area contributed by atoms with Gasteiger partial charge in [-0.3, -0.25) is 0 Å². The van der Waals surface area contributed by atoms with Gasteiger partial charge in [0.2, 0.25) is 0 Å². The monoisotopic (exact) mass is 249 g/mol. The summed E-state index contributed by atoms with van der Waals surface area (Å²) in [6.07, 6.45) is 5.16. The van der Waals surface area contributed by atoms with Gasteiger partial charge in [0, 0.05) is 11.7 Å². The molecule has 1 aromatic carbocycles. The average molecular weight is 249 g/mol. The van der Waals surface area contributed by atoms with Crippen LogP contribution < -0.4 is 10.1 Å². The van der Waals surface area contributed by atoms with Crippen LogP contribution in [-0.4, -0.2) is 12.6 Å². The van der Waals surface area contributed by atoms with Gasteiger partial charge in [-0.05, 0) is 51.0 Å². The Morgan fingerprint density at radius 2 is 2.00 bits per heavy atom. The Morgan fingerprint density at radius 3 is 2.61 bits per heavy atom. The first kappa shape index (κ1) is 14.9. The molecule has 0 radical (unpaired) electrons. The molecule has 0 aromatic heterocycles. The molecule has 1 atom stereocenters. The first-order valence-electron chi connectivity index (χ1n) is 7.17. The second kappa shape index (κ2) is 8.02. The fourth-order valence-electron chi connectivity index (χ4n) is 2.09. The van der Waals surface area contributed by atoms with E-state index in [4.69, 9.17) is 4.74 Å². The highest BCUT2D eigenvalue weighted by Crippen LogP contribution is 2.22. The number of hydrogen-bond donors (Lipinski definition) is 1. The summed E-state index contributed by atoms with van der Waals surface area (Å²) in [4.78, 5) is 0. The molecule has 18 heavy (non-hydrogen) atoms. The van der Waals surface area contributed by atoms with E-state index in [0.29, 0.717) is 6.04 Å². The molecule has 2 heteroatoms. The van der Waals surface area contributed by atoms with Crippen molar-refractivity contribution >= 4 is 5.69 Å².